The lowest BCUT2D eigenvalue weighted by Crippen LogP contribution is -2.31. The molecule has 1 aliphatic carbocycles. The van der Waals surface area contributed by atoms with E-state index in [1.165, 1.54) is 11.8 Å². The number of aryl methyl sites for hydroxylation is 1. The minimum Gasteiger partial charge on any atom is -0.495 e. The van der Waals surface area contributed by atoms with Gasteiger partial charge in [0.25, 0.3) is 11.5 Å². The first-order chi connectivity index (χ1) is 14.5. The molecule has 1 fully saturated rings. The highest BCUT2D eigenvalue weighted by Gasteiger charge is 2.28. The Bertz CT molecular complexity index is 1380. The molecule has 2 heterocycles. The van der Waals surface area contributed by atoms with E-state index in [9.17, 15) is 9.59 Å². The number of para-hydroxylation sites is 1. The third-order valence-corrected chi connectivity index (χ3v) is 5.74. The van der Waals surface area contributed by atoms with Crippen LogP contribution in [0.1, 0.15) is 23.3 Å². The molecule has 5 rings (SSSR count). The molecular formula is C22H19ClN4O3. The lowest BCUT2D eigenvalue weighted by molar-refractivity contribution is 0.0946. The number of aromatic nitrogens is 3. The van der Waals surface area contributed by atoms with E-state index in [-0.39, 0.29) is 23.2 Å². The molecular weight excluding hydrogens is 404 g/mol. The fraction of sp³-hybridized carbons (Fsp3) is 0.227. The number of ether oxygens (including phenoxy) is 1. The van der Waals surface area contributed by atoms with E-state index in [1.807, 2.05) is 35.9 Å². The molecule has 7 nitrogen and oxygen atoms in total. The van der Waals surface area contributed by atoms with Crippen LogP contribution < -0.4 is 15.6 Å². The van der Waals surface area contributed by atoms with Crippen LogP contribution in [0.2, 0.25) is 5.02 Å². The minimum absolute atomic E-state index is 0.167. The van der Waals surface area contributed by atoms with E-state index in [1.54, 1.807) is 18.2 Å². The Kier molecular flexibility index (Phi) is 4.29. The van der Waals surface area contributed by atoms with Crippen molar-refractivity contribution in [3.8, 4) is 11.4 Å². The highest BCUT2D eigenvalue weighted by atomic mass is 35.5. The molecule has 1 saturated carbocycles. The average molecular weight is 423 g/mol. The van der Waals surface area contributed by atoms with Gasteiger partial charge in [-0.1, -0.05) is 29.8 Å². The molecule has 1 aliphatic rings. The van der Waals surface area contributed by atoms with Gasteiger partial charge in [0.1, 0.15) is 11.3 Å². The Labute approximate surface area is 176 Å². The Morgan fingerprint density at radius 2 is 2.00 bits per heavy atom. The van der Waals surface area contributed by atoms with E-state index >= 15 is 0 Å². The predicted octanol–water partition coefficient (Wildman–Crippen LogP) is 3.43. The number of nitrogens with one attached hydrogen (secondary N) is 1. The second-order valence-electron chi connectivity index (χ2n) is 7.43. The summed E-state index contributed by atoms with van der Waals surface area (Å²) in [4.78, 5) is 26.5. The summed E-state index contributed by atoms with van der Waals surface area (Å²) in [6.07, 6.45) is 1.91. The predicted molar refractivity (Wildman–Crippen MR) is 116 cm³/mol. The van der Waals surface area contributed by atoms with Crippen molar-refractivity contribution in [3.05, 3.63) is 63.5 Å². The van der Waals surface area contributed by atoms with Crippen molar-refractivity contribution in [1.29, 1.82) is 0 Å². The zero-order chi connectivity index (χ0) is 21.0. The van der Waals surface area contributed by atoms with Gasteiger partial charge >= 0.3 is 0 Å². The monoisotopic (exact) mass is 422 g/mol. The van der Waals surface area contributed by atoms with Crippen molar-refractivity contribution < 1.29 is 9.53 Å². The summed E-state index contributed by atoms with van der Waals surface area (Å²) in [5.41, 5.74) is 1.63. The molecule has 2 aromatic heterocycles. The SMILES string of the molecule is COc1ccc(-n2nc(C(=O)NC3CC3)c3c4ccccc4n(C)c3c2=O)cc1Cl. The largest absolute Gasteiger partial charge is 0.495 e. The summed E-state index contributed by atoms with van der Waals surface area (Å²) >= 11 is 6.27. The zero-order valence-electron chi connectivity index (χ0n) is 16.5. The van der Waals surface area contributed by atoms with Crippen molar-refractivity contribution in [2.75, 3.05) is 7.11 Å². The first kappa shape index (κ1) is 18.7. The summed E-state index contributed by atoms with van der Waals surface area (Å²) in [6.45, 7) is 0. The molecule has 152 valence electrons. The number of carbonyl (C=O) groups excluding carboxylic acids is 1. The summed E-state index contributed by atoms with van der Waals surface area (Å²) in [6, 6.07) is 12.7. The van der Waals surface area contributed by atoms with Crippen LogP contribution in [-0.4, -0.2) is 33.4 Å². The second kappa shape index (κ2) is 6.88. The van der Waals surface area contributed by atoms with Crippen LogP contribution in [0.5, 0.6) is 5.75 Å². The quantitative estimate of drug-likeness (QED) is 0.546. The van der Waals surface area contributed by atoms with Crippen LogP contribution in [0.15, 0.2) is 47.3 Å². The molecule has 0 atom stereocenters. The van der Waals surface area contributed by atoms with Crippen molar-refractivity contribution >= 4 is 39.3 Å². The number of rotatable bonds is 4. The number of hydrogen-bond acceptors (Lipinski definition) is 4. The molecule has 0 saturated heterocycles. The van der Waals surface area contributed by atoms with Gasteiger partial charge in [0.15, 0.2) is 5.69 Å². The van der Waals surface area contributed by atoms with E-state index in [4.69, 9.17) is 16.3 Å². The molecule has 0 spiro atoms. The molecule has 8 heteroatoms. The van der Waals surface area contributed by atoms with Gasteiger partial charge in [0, 0.05) is 29.4 Å². The molecule has 0 aliphatic heterocycles. The normalized spacial score (nSPS) is 13.7. The maximum Gasteiger partial charge on any atom is 0.296 e. The van der Waals surface area contributed by atoms with Crippen LogP contribution in [0.3, 0.4) is 0 Å². The van der Waals surface area contributed by atoms with Crippen molar-refractivity contribution in [1.82, 2.24) is 19.7 Å². The van der Waals surface area contributed by atoms with E-state index in [0.29, 0.717) is 27.4 Å². The van der Waals surface area contributed by atoms with Crippen LogP contribution >= 0.6 is 11.6 Å². The maximum absolute atomic E-state index is 13.5. The van der Waals surface area contributed by atoms with Crippen LogP contribution in [0.25, 0.3) is 27.5 Å². The van der Waals surface area contributed by atoms with Gasteiger partial charge in [-0.05, 0) is 37.1 Å². The highest BCUT2D eigenvalue weighted by molar-refractivity contribution is 6.32. The molecule has 30 heavy (non-hydrogen) atoms. The fourth-order valence-electron chi connectivity index (χ4n) is 3.78. The van der Waals surface area contributed by atoms with Crippen LogP contribution in [0.4, 0.5) is 0 Å². The Morgan fingerprint density at radius 3 is 2.70 bits per heavy atom. The number of hydrogen-bond donors (Lipinski definition) is 1. The standard InChI is InChI=1S/C22H19ClN4O3/c1-26-16-6-4-3-5-14(16)18-19(21(28)24-12-7-8-12)25-27(22(29)20(18)26)13-9-10-17(30-2)15(23)11-13/h3-6,9-12H,7-8H2,1-2H3,(H,24,28). The molecule has 4 aromatic rings. The fourth-order valence-corrected chi connectivity index (χ4v) is 4.03. The number of carbonyl (C=O) groups is 1. The van der Waals surface area contributed by atoms with Gasteiger partial charge in [-0.25, -0.2) is 0 Å². The first-order valence-corrected chi connectivity index (χ1v) is 10.0. The van der Waals surface area contributed by atoms with Gasteiger partial charge in [0.2, 0.25) is 0 Å². The summed E-state index contributed by atoms with van der Waals surface area (Å²) in [5.74, 6) is 0.207. The van der Waals surface area contributed by atoms with E-state index < -0.39 is 0 Å². The Balaban J connectivity index is 1.84. The van der Waals surface area contributed by atoms with Crippen molar-refractivity contribution in [3.63, 3.8) is 0 Å². The smallest absolute Gasteiger partial charge is 0.296 e. The molecule has 1 amide bonds. The summed E-state index contributed by atoms with van der Waals surface area (Å²) in [5, 5.41) is 9.22. The molecule has 0 unspecified atom stereocenters. The second-order valence-corrected chi connectivity index (χ2v) is 7.84. The maximum atomic E-state index is 13.5. The number of fused-ring (bicyclic) bond motifs is 3. The number of halogens is 1. The Morgan fingerprint density at radius 1 is 1.23 bits per heavy atom. The van der Waals surface area contributed by atoms with Crippen molar-refractivity contribution in [2.24, 2.45) is 7.05 Å². The number of nitrogens with zero attached hydrogens (tertiary/aromatic N) is 3. The van der Waals surface area contributed by atoms with Gasteiger partial charge < -0.3 is 14.6 Å². The topological polar surface area (TPSA) is 78.2 Å². The summed E-state index contributed by atoms with van der Waals surface area (Å²) < 4.78 is 8.24. The van der Waals surface area contributed by atoms with Gasteiger partial charge in [0.05, 0.1) is 17.8 Å². The number of benzene rings is 2. The van der Waals surface area contributed by atoms with Gasteiger partial charge in [-0.2, -0.15) is 9.78 Å². The molecule has 0 bridgehead atoms. The van der Waals surface area contributed by atoms with E-state index in [2.05, 4.69) is 10.4 Å². The van der Waals surface area contributed by atoms with Gasteiger partial charge in [-0.15, -0.1) is 0 Å². The van der Waals surface area contributed by atoms with E-state index in [0.717, 1.165) is 23.7 Å². The highest BCUT2D eigenvalue weighted by Crippen LogP contribution is 2.30. The number of amides is 1. The molecule has 0 radical (unpaired) electrons. The lowest BCUT2D eigenvalue weighted by atomic mass is 10.1. The Hall–Kier alpha value is -3.32. The summed E-state index contributed by atoms with van der Waals surface area (Å²) in [7, 11) is 3.34. The van der Waals surface area contributed by atoms with Crippen LogP contribution in [0, 0.1) is 0 Å². The molecule has 2 aromatic carbocycles. The third kappa shape index (κ3) is 2.85. The average Bonchev–Trinajstić information content (AvgIpc) is 3.51. The van der Waals surface area contributed by atoms with Gasteiger partial charge in [-0.3, -0.25) is 9.59 Å². The third-order valence-electron chi connectivity index (χ3n) is 5.45. The number of methoxy groups -OCH3 is 1. The first-order valence-electron chi connectivity index (χ1n) is 9.65. The van der Waals surface area contributed by atoms with Crippen molar-refractivity contribution in [2.45, 2.75) is 18.9 Å². The zero-order valence-corrected chi connectivity index (χ0v) is 17.2. The molecule has 1 N–H and O–H groups in total. The minimum atomic E-state index is -0.326. The van der Waals surface area contributed by atoms with Crippen LogP contribution in [-0.2, 0) is 7.05 Å². The lowest BCUT2D eigenvalue weighted by Gasteiger charge is -2.11.